The molecule has 0 spiro atoms. The summed E-state index contributed by atoms with van der Waals surface area (Å²) < 4.78 is 0. The molecular weight excluding hydrogens is 320 g/mol. The minimum Gasteiger partial charge on any atom is -0.400 e. The third-order valence-electron chi connectivity index (χ3n) is 3.45. The highest BCUT2D eigenvalue weighted by molar-refractivity contribution is 6.07. The van der Waals surface area contributed by atoms with Crippen molar-refractivity contribution in [2.75, 3.05) is 7.11 Å². The number of benzene rings is 1. The van der Waals surface area contributed by atoms with Crippen LogP contribution in [-0.4, -0.2) is 40.9 Å². The van der Waals surface area contributed by atoms with Gasteiger partial charge in [-0.25, -0.2) is 0 Å². The van der Waals surface area contributed by atoms with Crippen LogP contribution in [0.3, 0.4) is 0 Å². The van der Waals surface area contributed by atoms with Crippen molar-refractivity contribution in [2.45, 2.75) is 46.7 Å². The number of amides is 3. The average Bonchev–Trinajstić information content (AvgIpc) is 2.96. The first-order chi connectivity index (χ1) is 12.1. The summed E-state index contributed by atoms with van der Waals surface area (Å²) in [4.78, 5) is 36.9. The molecule has 138 valence electrons. The monoisotopic (exact) mass is 348 g/mol. The Morgan fingerprint density at radius 2 is 1.64 bits per heavy atom. The van der Waals surface area contributed by atoms with E-state index in [-0.39, 0.29) is 18.2 Å². The number of aliphatic hydroxyl groups excluding tert-OH is 1. The Morgan fingerprint density at radius 1 is 1.08 bits per heavy atom. The largest absolute Gasteiger partial charge is 0.400 e. The Balaban J connectivity index is 0.000000871. The number of hydrogen-bond donors (Lipinski definition) is 2. The maximum absolute atomic E-state index is 12.3. The van der Waals surface area contributed by atoms with E-state index in [4.69, 9.17) is 5.11 Å². The van der Waals surface area contributed by atoms with E-state index in [1.165, 1.54) is 4.90 Å². The summed E-state index contributed by atoms with van der Waals surface area (Å²) in [5.41, 5.74) is 1.97. The lowest BCUT2D eigenvalue weighted by Crippen LogP contribution is -2.53. The summed E-state index contributed by atoms with van der Waals surface area (Å²) in [7, 11) is 1.00. The quantitative estimate of drug-likeness (QED) is 0.602. The van der Waals surface area contributed by atoms with Gasteiger partial charge < -0.3 is 10.0 Å². The zero-order valence-electron chi connectivity index (χ0n) is 15.6. The second kappa shape index (κ2) is 11.1. The van der Waals surface area contributed by atoms with Crippen LogP contribution >= 0.6 is 0 Å². The van der Waals surface area contributed by atoms with Gasteiger partial charge in [-0.3, -0.25) is 19.7 Å². The van der Waals surface area contributed by atoms with Crippen LogP contribution in [0.25, 0.3) is 0 Å². The molecule has 6 heteroatoms. The van der Waals surface area contributed by atoms with Gasteiger partial charge in [-0.1, -0.05) is 52.5 Å². The number of nitrogens with one attached hydrogen (secondary N) is 1. The van der Waals surface area contributed by atoms with Crippen LogP contribution in [-0.2, 0) is 16.1 Å². The van der Waals surface area contributed by atoms with Crippen LogP contribution in [0, 0.1) is 0 Å². The molecule has 1 fully saturated rings. The van der Waals surface area contributed by atoms with Gasteiger partial charge in [0.05, 0.1) is 6.42 Å². The normalized spacial score (nSPS) is 17.8. The van der Waals surface area contributed by atoms with Gasteiger partial charge in [0.2, 0.25) is 5.91 Å². The molecule has 2 heterocycles. The van der Waals surface area contributed by atoms with Crippen LogP contribution in [0.15, 0.2) is 36.4 Å². The van der Waals surface area contributed by atoms with E-state index in [9.17, 15) is 14.4 Å². The summed E-state index contributed by atoms with van der Waals surface area (Å²) >= 11 is 0. The minimum absolute atomic E-state index is 0.0799. The molecule has 0 radical (unpaired) electrons. The van der Waals surface area contributed by atoms with Gasteiger partial charge in [0.25, 0.3) is 11.8 Å². The van der Waals surface area contributed by atoms with Crippen LogP contribution < -0.4 is 5.32 Å². The zero-order chi connectivity index (χ0) is 19.6. The molecule has 1 aromatic carbocycles. The molecule has 1 atom stereocenters. The number of imide groups is 1. The number of nitrogens with zero attached hydrogens (tertiary/aromatic N) is 1. The van der Waals surface area contributed by atoms with Crippen molar-refractivity contribution in [1.29, 1.82) is 0 Å². The van der Waals surface area contributed by atoms with E-state index in [1.54, 1.807) is 12.1 Å². The maximum atomic E-state index is 12.3. The van der Waals surface area contributed by atoms with Crippen LogP contribution in [0.5, 0.6) is 0 Å². The molecule has 1 saturated heterocycles. The number of fused-ring (bicyclic) bond motifs is 1. The zero-order valence-corrected chi connectivity index (χ0v) is 15.6. The van der Waals surface area contributed by atoms with Gasteiger partial charge in [0, 0.05) is 19.2 Å². The van der Waals surface area contributed by atoms with Crippen molar-refractivity contribution in [2.24, 2.45) is 0 Å². The SMILES string of the molecule is C=C1CC(=O)NC(=O)C1N1Cc2ccccc2C1=O.CC.CC.CO. The first-order valence-corrected chi connectivity index (χ1v) is 8.43. The lowest BCUT2D eigenvalue weighted by molar-refractivity contribution is -0.134. The summed E-state index contributed by atoms with van der Waals surface area (Å²) in [5, 5.41) is 9.25. The highest BCUT2D eigenvalue weighted by atomic mass is 16.2. The fourth-order valence-electron chi connectivity index (χ4n) is 2.59. The molecule has 0 bridgehead atoms. The summed E-state index contributed by atoms with van der Waals surface area (Å²) in [5.74, 6) is -1.02. The number of aliphatic hydroxyl groups is 1. The smallest absolute Gasteiger partial charge is 0.255 e. The van der Waals surface area contributed by atoms with Gasteiger partial charge in [-0.15, -0.1) is 0 Å². The first-order valence-electron chi connectivity index (χ1n) is 8.43. The van der Waals surface area contributed by atoms with E-state index < -0.39 is 11.9 Å². The van der Waals surface area contributed by atoms with Crippen molar-refractivity contribution in [3.8, 4) is 0 Å². The number of rotatable bonds is 1. The molecule has 2 aliphatic rings. The fraction of sp³-hybridized carbons (Fsp3) is 0.421. The Bertz CT molecular complexity index is 606. The molecule has 0 saturated carbocycles. The predicted octanol–water partition coefficient (Wildman–Crippen LogP) is 2.27. The van der Waals surface area contributed by atoms with E-state index in [2.05, 4.69) is 11.9 Å². The minimum atomic E-state index is -0.752. The summed E-state index contributed by atoms with van der Waals surface area (Å²) in [6, 6.07) is 6.50. The molecule has 0 aromatic heterocycles. The van der Waals surface area contributed by atoms with Gasteiger partial charge in [-0.2, -0.15) is 0 Å². The van der Waals surface area contributed by atoms with E-state index in [1.807, 2.05) is 39.8 Å². The fourth-order valence-corrected chi connectivity index (χ4v) is 2.59. The summed E-state index contributed by atoms with van der Waals surface area (Å²) in [6.07, 6.45) is 0.0799. The average molecular weight is 348 g/mol. The molecule has 1 aromatic rings. The highest BCUT2D eigenvalue weighted by Gasteiger charge is 2.40. The third kappa shape index (κ3) is 5.00. The van der Waals surface area contributed by atoms with E-state index >= 15 is 0 Å². The molecule has 3 amide bonds. The van der Waals surface area contributed by atoms with Gasteiger partial charge in [-0.05, 0) is 17.2 Å². The summed E-state index contributed by atoms with van der Waals surface area (Å²) in [6.45, 7) is 12.1. The second-order valence-electron chi connectivity index (χ2n) is 4.74. The standard InChI is InChI=1S/C14H12N2O3.2C2H6.CH4O/c1-8-6-11(17)15-13(18)12(8)16-7-9-4-2-3-5-10(9)14(16)19;3*1-2/h2-5,12H,1,6-7H2,(H,15,17,18);2*1-2H3;2H,1H3. The van der Waals surface area contributed by atoms with Crippen molar-refractivity contribution < 1.29 is 19.5 Å². The molecule has 6 nitrogen and oxygen atoms in total. The van der Waals surface area contributed by atoms with Gasteiger partial charge >= 0.3 is 0 Å². The highest BCUT2D eigenvalue weighted by Crippen LogP contribution is 2.28. The van der Waals surface area contributed by atoms with Crippen molar-refractivity contribution in [1.82, 2.24) is 10.2 Å². The van der Waals surface area contributed by atoms with Crippen LogP contribution in [0.1, 0.15) is 50.0 Å². The molecule has 0 aliphatic carbocycles. The molecule has 1 unspecified atom stereocenters. The van der Waals surface area contributed by atoms with Crippen molar-refractivity contribution in [3.05, 3.63) is 47.5 Å². The number of carbonyl (C=O) groups excluding carboxylic acids is 3. The molecular formula is C19H28N2O4. The lowest BCUT2D eigenvalue weighted by Gasteiger charge is -2.31. The number of carbonyl (C=O) groups is 3. The van der Waals surface area contributed by atoms with E-state index in [0.29, 0.717) is 17.7 Å². The van der Waals surface area contributed by atoms with Crippen LogP contribution in [0.4, 0.5) is 0 Å². The molecule has 25 heavy (non-hydrogen) atoms. The lowest BCUT2D eigenvalue weighted by atomic mass is 9.99. The van der Waals surface area contributed by atoms with Crippen molar-refractivity contribution in [3.63, 3.8) is 0 Å². The number of piperidine rings is 1. The first kappa shape index (κ1) is 22.5. The maximum Gasteiger partial charge on any atom is 0.255 e. The van der Waals surface area contributed by atoms with Crippen molar-refractivity contribution >= 4 is 17.7 Å². The van der Waals surface area contributed by atoms with Gasteiger partial charge in [0.15, 0.2) is 0 Å². The Hall–Kier alpha value is -2.47. The van der Waals surface area contributed by atoms with Crippen LogP contribution in [0.2, 0.25) is 0 Å². The van der Waals surface area contributed by atoms with Gasteiger partial charge in [0.1, 0.15) is 6.04 Å². The number of hydrogen-bond acceptors (Lipinski definition) is 4. The topological polar surface area (TPSA) is 86.7 Å². The molecule has 2 aliphatic heterocycles. The molecule has 2 N–H and O–H groups in total. The Labute approximate surface area is 149 Å². The Kier molecular flexibility index (Phi) is 10.0. The Morgan fingerprint density at radius 3 is 2.16 bits per heavy atom. The molecule has 3 rings (SSSR count). The predicted molar refractivity (Wildman–Crippen MR) is 97.8 cm³/mol. The second-order valence-corrected chi connectivity index (χ2v) is 4.74. The van der Waals surface area contributed by atoms with E-state index in [0.717, 1.165) is 12.7 Å². The third-order valence-corrected chi connectivity index (χ3v) is 3.45.